The number of nitrogens with zero attached hydrogens (tertiary/aromatic N) is 1. The molecule has 0 amide bonds. The third kappa shape index (κ3) is 3.08. The molecule has 0 fully saturated rings. The van der Waals surface area contributed by atoms with Crippen molar-refractivity contribution in [3.63, 3.8) is 0 Å². The summed E-state index contributed by atoms with van der Waals surface area (Å²) in [6, 6.07) is 9.74. The van der Waals surface area contributed by atoms with Gasteiger partial charge in [0.25, 0.3) is 0 Å². The number of carbonyl (C=O) groups excluding carboxylic acids is 1. The Hall–Kier alpha value is -2.69. The molecule has 0 aromatic heterocycles. The van der Waals surface area contributed by atoms with Gasteiger partial charge in [-0.2, -0.15) is 0 Å². The van der Waals surface area contributed by atoms with E-state index in [0.717, 1.165) is 11.1 Å². The van der Waals surface area contributed by atoms with Gasteiger partial charge < -0.3 is 4.74 Å². The number of hydrogen-bond donors (Lipinski definition) is 0. The Morgan fingerprint density at radius 3 is 2.48 bits per heavy atom. The number of rotatable bonds is 4. The van der Waals surface area contributed by atoms with Gasteiger partial charge in [-0.15, -0.1) is 0 Å². The van der Waals surface area contributed by atoms with Gasteiger partial charge in [0.15, 0.2) is 5.78 Å². The van der Waals surface area contributed by atoms with Gasteiger partial charge in [-0.25, -0.2) is 0 Å². The fourth-order valence-corrected chi connectivity index (χ4v) is 1.92. The summed E-state index contributed by atoms with van der Waals surface area (Å²) < 4.78 is 5.66. The van der Waals surface area contributed by atoms with E-state index < -0.39 is 4.92 Å². The van der Waals surface area contributed by atoms with E-state index in [4.69, 9.17) is 4.74 Å². The Morgan fingerprint density at radius 2 is 1.86 bits per heavy atom. The van der Waals surface area contributed by atoms with Crippen LogP contribution in [0.2, 0.25) is 0 Å². The molecule has 0 atom stereocenters. The summed E-state index contributed by atoms with van der Waals surface area (Å²) in [6.45, 7) is 5.19. The van der Waals surface area contributed by atoms with Crippen molar-refractivity contribution in [2.75, 3.05) is 0 Å². The number of carbonyl (C=O) groups is 1. The first-order valence-electron chi connectivity index (χ1n) is 6.43. The quantitative estimate of drug-likeness (QED) is 0.479. The highest BCUT2D eigenvalue weighted by atomic mass is 16.6. The van der Waals surface area contributed by atoms with Gasteiger partial charge in [0.2, 0.25) is 5.75 Å². The Balaban J connectivity index is 2.46. The number of ketones is 1. The summed E-state index contributed by atoms with van der Waals surface area (Å²) in [5, 5.41) is 11.2. The van der Waals surface area contributed by atoms with E-state index in [9.17, 15) is 14.9 Å². The number of ether oxygens (including phenoxy) is 1. The first kappa shape index (κ1) is 14.7. The number of benzene rings is 2. The molecule has 2 rings (SSSR count). The van der Waals surface area contributed by atoms with Gasteiger partial charge in [-0.05, 0) is 50.1 Å². The topological polar surface area (TPSA) is 69.4 Å². The second-order valence-corrected chi connectivity index (χ2v) is 4.80. The SMILES string of the molecule is CC(=O)c1ccc(Oc2cccc(C)c2C)c([N+](=O)[O-])c1. The van der Waals surface area contributed by atoms with Crippen LogP contribution in [0.25, 0.3) is 0 Å². The summed E-state index contributed by atoms with van der Waals surface area (Å²) in [7, 11) is 0. The van der Waals surface area contributed by atoms with Gasteiger partial charge in [-0.3, -0.25) is 14.9 Å². The van der Waals surface area contributed by atoms with Crippen LogP contribution >= 0.6 is 0 Å². The molecule has 0 saturated heterocycles. The van der Waals surface area contributed by atoms with Crippen LogP contribution in [-0.2, 0) is 0 Å². The summed E-state index contributed by atoms with van der Waals surface area (Å²) in [5.41, 5.74) is 2.02. The maximum absolute atomic E-state index is 11.3. The van der Waals surface area contributed by atoms with Gasteiger partial charge in [0, 0.05) is 11.6 Å². The van der Waals surface area contributed by atoms with Crippen LogP contribution in [-0.4, -0.2) is 10.7 Å². The van der Waals surface area contributed by atoms with Crippen LogP contribution in [0, 0.1) is 24.0 Å². The summed E-state index contributed by atoms with van der Waals surface area (Å²) in [5.74, 6) is 0.462. The van der Waals surface area contributed by atoms with Crippen molar-refractivity contribution in [2.24, 2.45) is 0 Å². The van der Waals surface area contributed by atoms with Crippen molar-refractivity contribution in [1.29, 1.82) is 0 Å². The molecule has 0 aliphatic carbocycles. The minimum Gasteiger partial charge on any atom is -0.450 e. The molecule has 0 unspecified atom stereocenters. The molecule has 0 spiro atoms. The van der Waals surface area contributed by atoms with E-state index in [1.807, 2.05) is 26.0 Å². The molecule has 21 heavy (non-hydrogen) atoms. The fraction of sp³-hybridized carbons (Fsp3) is 0.188. The Morgan fingerprint density at radius 1 is 1.14 bits per heavy atom. The highest BCUT2D eigenvalue weighted by Crippen LogP contribution is 2.34. The van der Waals surface area contributed by atoms with Gasteiger partial charge in [0.1, 0.15) is 5.75 Å². The first-order chi connectivity index (χ1) is 9.90. The predicted octanol–water partition coefficient (Wildman–Crippen LogP) is 4.21. The normalized spacial score (nSPS) is 10.2. The molecule has 0 saturated carbocycles. The summed E-state index contributed by atoms with van der Waals surface area (Å²) >= 11 is 0. The summed E-state index contributed by atoms with van der Waals surface area (Å²) in [6.07, 6.45) is 0. The molecule has 108 valence electrons. The van der Waals surface area contributed by atoms with Gasteiger partial charge in [0.05, 0.1) is 4.92 Å². The number of nitro benzene ring substituents is 1. The van der Waals surface area contributed by atoms with Crippen LogP contribution in [0.3, 0.4) is 0 Å². The molecule has 0 radical (unpaired) electrons. The number of hydrogen-bond acceptors (Lipinski definition) is 4. The van der Waals surface area contributed by atoms with E-state index in [1.165, 1.54) is 25.1 Å². The van der Waals surface area contributed by atoms with Gasteiger partial charge >= 0.3 is 5.69 Å². The fourth-order valence-electron chi connectivity index (χ4n) is 1.92. The number of Topliss-reactive ketones (excluding diaryl/α,β-unsaturated/α-hetero) is 1. The lowest BCUT2D eigenvalue weighted by atomic mass is 10.1. The zero-order valence-corrected chi connectivity index (χ0v) is 12.0. The predicted molar refractivity (Wildman–Crippen MR) is 79.1 cm³/mol. The average Bonchev–Trinajstić information content (AvgIpc) is 2.43. The second-order valence-electron chi connectivity index (χ2n) is 4.80. The molecule has 0 aliphatic heterocycles. The van der Waals surface area contributed by atoms with Crippen molar-refractivity contribution in [3.8, 4) is 11.5 Å². The van der Waals surface area contributed by atoms with Crippen LogP contribution < -0.4 is 4.74 Å². The number of nitro groups is 1. The van der Waals surface area contributed by atoms with Crippen molar-refractivity contribution < 1.29 is 14.5 Å². The van der Waals surface area contributed by atoms with Crippen LogP contribution in [0.15, 0.2) is 36.4 Å². The molecule has 5 nitrogen and oxygen atoms in total. The lowest BCUT2D eigenvalue weighted by Crippen LogP contribution is -1.99. The van der Waals surface area contributed by atoms with Crippen molar-refractivity contribution >= 4 is 11.5 Å². The van der Waals surface area contributed by atoms with Crippen LogP contribution in [0.5, 0.6) is 11.5 Å². The maximum atomic E-state index is 11.3. The standard InChI is InChI=1S/C16H15NO4/c1-10-5-4-6-15(11(10)2)21-16-8-7-13(12(3)18)9-14(16)17(19)20/h4-9H,1-3H3. The molecular formula is C16H15NO4. The second kappa shape index (κ2) is 5.75. The smallest absolute Gasteiger partial charge is 0.312 e. The third-order valence-corrected chi connectivity index (χ3v) is 3.34. The highest BCUT2D eigenvalue weighted by Gasteiger charge is 2.18. The van der Waals surface area contributed by atoms with Gasteiger partial charge in [-0.1, -0.05) is 12.1 Å². The van der Waals surface area contributed by atoms with Crippen molar-refractivity contribution in [3.05, 3.63) is 63.2 Å². The third-order valence-electron chi connectivity index (χ3n) is 3.34. The van der Waals surface area contributed by atoms with E-state index >= 15 is 0 Å². The minimum atomic E-state index is -0.549. The molecule has 0 heterocycles. The monoisotopic (exact) mass is 285 g/mol. The van der Waals surface area contributed by atoms with E-state index in [-0.39, 0.29) is 22.8 Å². The molecule has 5 heteroatoms. The molecule has 2 aromatic rings. The maximum Gasteiger partial charge on any atom is 0.312 e. The first-order valence-corrected chi connectivity index (χ1v) is 6.43. The number of aryl methyl sites for hydroxylation is 1. The van der Waals surface area contributed by atoms with Crippen molar-refractivity contribution in [2.45, 2.75) is 20.8 Å². The molecule has 0 aliphatic rings. The minimum absolute atomic E-state index is 0.124. The zero-order chi connectivity index (χ0) is 15.6. The van der Waals surface area contributed by atoms with E-state index in [0.29, 0.717) is 5.75 Å². The Labute approximate surface area is 122 Å². The molecular weight excluding hydrogens is 270 g/mol. The summed E-state index contributed by atoms with van der Waals surface area (Å²) in [4.78, 5) is 21.9. The average molecular weight is 285 g/mol. The molecule has 0 N–H and O–H groups in total. The Kier molecular flexibility index (Phi) is 4.03. The van der Waals surface area contributed by atoms with Crippen LogP contribution in [0.4, 0.5) is 5.69 Å². The van der Waals surface area contributed by atoms with Crippen molar-refractivity contribution in [1.82, 2.24) is 0 Å². The molecule has 2 aromatic carbocycles. The van der Waals surface area contributed by atoms with E-state index in [2.05, 4.69) is 0 Å². The lowest BCUT2D eigenvalue weighted by Gasteiger charge is -2.11. The van der Waals surface area contributed by atoms with Crippen LogP contribution in [0.1, 0.15) is 28.4 Å². The van der Waals surface area contributed by atoms with E-state index in [1.54, 1.807) is 6.07 Å². The largest absolute Gasteiger partial charge is 0.450 e. The molecule has 0 bridgehead atoms. The Bertz CT molecular complexity index is 722. The highest BCUT2D eigenvalue weighted by molar-refractivity contribution is 5.95. The lowest BCUT2D eigenvalue weighted by molar-refractivity contribution is -0.385. The zero-order valence-electron chi connectivity index (χ0n) is 12.0.